The summed E-state index contributed by atoms with van der Waals surface area (Å²) in [4.78, 5) is 25.3. The molecule has 2 fully saturated rings. The normalized spacial score (nSPS) is 28.2. The summed E-state index contributed by atoms with van der Waals surface area (Å²) in [5.41, 5.74) is 3.34. The maximum Gasteiger partial charge on any atom is 0.342 e. The topological polar surface area (TPSA) is 205 Å². The van der Waals surface area contributed by atoms with Gasteiger partial charge in [0.25, 0.3) is 0 Å². The molecule has 2 aliphatic rings. The van der Waals surface area contributed by atoms with Crippen LogP contribution in [0.3, 0.4) is 0 Å². The second-order valence-corrected chi connectivity index (χ2v) is 12.2. The number of carbonyl (C=O) groups is 1. The van der Waals surface area contributed by atoms with Crippen LogP contribution in [0.25, 0.3) is 11.2 Å². The maximum atomic E-state index is 14.0. The number of hydrogen-bond donors (Lipinski definition) is 5. The van der Waals surface area contributed by atoms with Crippen molar-refractivity contribution in [1.29, 1.82) is 0 Å². The number of aromatic nitrogens is 4. The number of rotatable bonds is 11. The van der Waals surface area contributed by atoms with Gasteiger partial charge in [0.05, 0.1) is 26.7 Å². The Morgan fingerprint density at radius 3 is 2.67 bits per heavy atom. The minimum Gasteiger partial charge on any atom is -0.479 e. The number of imidazole rings is 1. The molecular formula is C23H38N7O8P. The molecule has 0 amide bonds. The van der Waals surface area contributed by atoms with Crippen LogP contribution in [-0.2, 0) is 23.4 Å². The summed E-state index contributed by atoms with van der Waals surface area (Å²) >= 11 is 0. The van der Waals surface area contributed by atoms with Crippen LogP contribution < -0.4 is 20.6 Å². The maximum absolute atomic E-state index is 14.0. The van der Waals surface area contributed by atoms with Crippen molar-refractivity contribution in [2.45, 2.75) is 89.0 Å². The molecule has 2 aromatic rings. The van der Waals surface area contributed by atoms with Crippen LogP contribution in [0, 0.1) is 0 Å². The van der Waals surface area contributed by atoms with E-state index in [9.17, 15) is 19.6 Å². The molecule has 0 bridgehead atoms. The van der Waals surface area contributed by atoms with E-state index in [1.165, 1.54) is 24.9 Å². The molecule has 218 valence electrons. The SMILES string of the molecule is CCOC(=O)C1(NP(=O)(NC(C)C)OC[C@H]2O[C@@H](n3cnc4c(OC)nc(N)nc43)[C@](C)(O)[C@@H]2O)CCCC1. The lowest BCUT2D eigenvalue weighted by molar-refractivity contribution is -0.150. The number of ether oxygens (including phenoxy) is 3. The smallest absolute Gasteiger partial charge is 0.342 e. The molecule has 16 heteroatoms. The van der Waals surface area contributed by atoms with Crippen molar-refractivity contribution in [3.8, 4) is 5.88 Å². The molecule has 5 atom stereocenters. The van der Waals surface area contributed by atoms with Gasteiger partial charge in [0.2, 0.25) is 11.8 Å². The Bertz CT molecular complexity index is 1230. The highest BCUT2D eigenvalue weighted by Crippen LogP contribution is 2.47. The van der Waals surface area contributed by atoms with Crippen LogP contribution in [0.1, 0.15) is 59.6 Å². The average Bonchev–Trinajstić information content (AvgIpc) is 3.55. The number of nitrogens with one attached hydrogen (secondary N) is 2. The molecule has 2 aromatic heterocycles. The Balaban J connectivity index is 1.57. The second kappa shape index (κ2) is 11.2. The first-order valence-electron chi connectivity index (χ1n) is 12.9. The first-order valence-corrected chi connectivity index (χ1v) is 14.6. The molecule has 3 heterocycles. The van der Waals surface area contributed by atoms with Crippen LogP contribution in [0.15, 0.2) is 6.33 Å². The molecule has 0 spiro atoms. The molecule has 1 saturated carbocycles. The molecular weight excluding hydrogens is 533 g/mol. The fourth-order valence-electron chi connectivity index (χ4n) is 5.11. The second-order valence-electron chi connectivity index (χ2n) is 10.4. The van der Waals surface area contributed by atoms with E-state index < -0.39 is 43.2 Å². The third-order valence-corrected chi connectivity index (χ3v) is 9.03. The highest BCUT2D eigenvalue weighted by Gasteiger charge is 2.55. The lowest BCUT2D eigenvalue weighted by atomic mass is 9.96. The van der Waals surface area contributed by atoms with Crippen LogP contribution >= 0.6 is 7.67 Å². The predicted molar refractivity (Wildman–Crippen MR) is 140 cm³/mol. The van der Waals surface area contributed by atoms with Crippen molar-refractivity contribution in [3.63, 3.8) is 0 Å². The van der Waals surface area contributed by atoms with Crippen LogP contribution in [0.5, 0.6) is 5.88 Å². The molecule has 1 aliphatic carbocycles. The van der Waals surface area contributed by atoms with E-state index in [4.69, 9.17) is 24.5 Å². The quantitative estimate of drug-likeness (QED) is 0.189. The molecule has 1 unspecified atom stereocenters. The number of fused-ring (bicyclic) bond motifs is 1. The highest BCUT2D eigenvalue weighted by molar-refractivity contribution is 7.54. The molecule has 6 N–H and O–H groups in total. The van der Waals surface area contributed by atoms with Gasteiger partial charge in [0.1, 0.15) is 23.3 Å². The van der Waals surface area contributed by atoms with Gasteiger partial charge in [-0.3, -0.25) is 13.9 Å². The number of nitrogen functional groups attached to an aromatic ring is 1. The molecule has 1 aliphatic heterocycles. The number of methoxy groups -OCH3 is 1. The number of aliphatic hydroxyl groups is 2. The van der Waals surface area contributed by atoms with Crippen LogP contribution in [0.2, 0.25) is 0 Å². The van der Waals surface area contributed by atoms with Crippen LogP contribution in [0.4, 0.5) is 5.95 Å². The Hall–Kier alpha value is -2.39. The number of aliphatic hydroxyl groups excluding tert-OH is 1. The van der Waals surface area contributed by atoms with Gasteiger partial charge in [0, 0.05) is 6.04 Å². The van der Waals surface area contributed by atoms with Gasteiger partial charge in [-0.15, -0.1) is 0 Å². The number of esters is 1. The fraction of sp³-hybridized carbons (Fsp3) is 0.739. The molecule has 39 heavy (non-hydrogen) atoms. The lowest BCUT2D eigenvalue weighted by Gasteiger charge is -2.34. The molecule has 1 saturated heterocycles. The van der Waals surface area contributed by atoms with Gasteiger partial charge in [-0.05, 0) is 40.5 Å². The van der Waals surface area contributed by atoms with Gasteiger partial charge >= 0.3 is 13.6 Å². The summed E-state index contributed by atoms with van der Waals surface area (Å²) in [5, 5.41) is 28.1. The van der Waals surface area contributed by atoms with Crippen molar-refractivity contribution in [1.82, 2.24) is 29.7 Å². The highest BCUT2D eigenvalue weighted by atomic mass is 31.2. The van der Waals surface area contributed by atoms with Crippen LogP contribution in [-0.4, -0.2) is 85.4 Å². The minimum atomic E-state index is -3.87. The average molecular weight is 572 g/mol. The zero-order valence-corrected chi connectivity index (χ0v) is 23.7. The third kappa shape index (κ3) is 5.75. The standard InChI is InChI=1S/C23H38N7O8P/c1-6-36-20(32)23(9-7-8-10-23)29-39(34,28-13(2)3)37-11-14-16(31)22(4,33)19(38-14)30-12-25-15-17(30)26-21(24)27-18(15)35-5/h12-14,16,19,31,33H,6-11H2,1-5H3,(H2,24,26,27)(H2,28,29,34)/t14-,16-,19-,22-,39?/m1/s1. The van der Waals surface area contributed by atoms with E-state index in [1.54, 1.807) is 20.8 Å². The molecule has 4 rings (SSSR count). The summed E-state index contributed by atoms with van der Waals surface area (Å²) in [6.07, 6.45) is 0.0817. The number of carbonyl (C=O) groups excluding carboxylic acids is 1. The first kappa shape index (κ1) is 29.6. The molecule has 0 radical (unpaired) electrons. The number of hydrogen-bond acceptors (Lipinski definition) is 12. The lowest BCUT2D eigenvalue weighted by Crippen LogP contribution is -2.52. The van der Waals surface area contributed by atoms with E-state index in [0.29, 0.717) is 12.8 Å². The number of nitrogens with two attached hydrogens (primary N) is 1. The minimum absolute atomic E-state index is 0.0756. The zero-order chi connectivity index (χ0) is 28.6. The van der Waals surface area contributed by atoms with Gasteiger partial charge in [-0.2, -0.15) is 9.97 Å². The fourth-order valence-corrected chi connectivity index (χ4v) is 7.23. The van der Waals surface area contributed by atoms with E-state index in [-0.39, 0.29) is 42.2 Å². The zero-order valence-electron chi connectivity index (χ0n) is 22.8. The Morgan fingerprint density at radius 1 is 1.36 bits per heavy atom. The van der Waals surface area contributed by atoms with Crippen molar-refractivity contribution in [3.05, 3.63) is 6.33 Å². The monoisotopic (exact) mass is 571 g/mol. The number of anilines is 1. The predicted octanol–water partition coefficient (Wildman–Crippen LogP) is 1.01. The van der Waals surface area contributed by atoms with Crippen molar-refractivity contribution in [2.24, 2.45) is 0 Å². The summed E-state index contributed by atoms with van der Waals surface area (Å²) < 4.78 is 37.8. The van der Waals surface area contributed by atoms with E-state index in [0.717, 1.165) is 12.8 Å². The largest absolute Gasteiger partial charge is 0.479 e. The van der Waals surface area contributed by atoms with Gasteiger partial charge < -0.3 is 34.7 Å². The van der Waals surface area contributed by atoms with E-state index in [2.05, 4.69) is 25.1 Å². The Labute approximate surface area is 226 Å². The summed E-state index contributed by atoms with van der Waals surface area (Å²) in [6.45, 7) is 6.51. The summed E-state index contributed by atoms with van der Waals surface area (Å²) in [5.74, 6) is -0.419. The summed E-state index contributed by atoms with van der Waals surface area (Å²) in [7, 11) is -2.46. The number of nitrogens with zero attached hydrogens (tertiary/aromatic N) is 4. The van der Waals surface area contributed by atoms with E-state index >= 15 is 0 Å². The molecule has 0 aromatic carbocycles. The van der Waals surface area contributed by atoms with Gasteiger partial charge in [-0.25, -0.2) is 15.2 Å². The third-order valence-electron chi connectivity index (χ3n) is 6.94. The molecule has 15 nitrogen and oxygen atoms in total. The van der Waals surface area contributed by atoms with Gasteiger partial charge in [-0.1, -0.05) is 12.8 Å². The summed E-state index contributed by atoms with van der Waals surface area (Å²) in [6, 6.07) is -0.272. The first-order chi connectivity index (χ1) is 18.4. The Kier molecular flexibility index (Phi) is 8.53. The van der Waals surface area contributed by atoms with Crippen molar-refractivity contribution >= 4 is 30.8 Å². The van der Waals surface area contributed by atoms with Crippen molar-refractivity contribution < 1.29 is 38.3 Å². The Morgan fingerprint density at radius 2 is 2.05 bits per heavy atom. The van der Waals surface area contributed by atoms with E-state index in [1.807, 2.05) is 0 Å². The van der Waals surface area contributed by atoms with Gasteiger partial charge in [0.15, 0.2) is 17.4 Å². The van der Waals surface area contributed by atoms with Crippen molar-refractivity contribution in [2.75, 3.05) is 26.1 Å².